The molecule has 0 saturated heterocycles. The first-order valence-electron chi connectivity index (χ1n) is 5.29. The molecule has 1 radical (unpaired) electrons. The SMILES string of the molecule is C[Si](C)C.Cl.Cl.[C-]1=CC=CC1.[C-]1=CC=CC1.[SiH2]=[Zr+2]. The fraction of sp³-hybridized carbons (Fsp3) is 0.385. The van der Waals surface area contributed by atoms with E-state index in [4.69, 9.17) is 0 Å². The van der Waals surface area contributed by atoms with Crippen LogP contribution < -0.4 is 0 Å². The summed E-state index contributed by atoms with van der Waals surface area (Å²) in [5.74, 6) is 0. The molecule has 0 nitrogen and oxygen atoms in total. The quantitative estimate of drug-likeness (QED) is 0.429. The van der Waals surface area contributed by atoms with E-state index >= 15 is 0 Å². The van der Waals surface area contributed by atoms with Crippen LogP contribution in [0.5, 0.6) is 0 Å². The Labute approximate surface area is 144 Å². The first-order valence-corrected chi connectivity index (χ1v) is 14.2. The van der Waals surface area contributed by atoms with Crippen LogP contribution >= 0.6 is 24.8 Å². The zero-order chi connectivity index (χ0) is 12.6. The average Bonchev–Trinajstić information content (AvgIpc) is 2.99. The van der Waals surface area contributed by atoms with E-state index in [1.165, 1.54) is 0 Å². The van der Waals surface area contributed by atoms with Crippen molar-refractivity contribution in [3.8, 4) is 0 Å². The second-order valence-corrected chi connectivity index (χ2v) is 6.51. The summed E-state index contributed by atoms with van der Waals surface area (Å²) in [6.07, 6.45) is 20.0. The molecule has 2 aliphatic carbocycles. The van der Waals surface area contributed by atoms with Gasteiger partial charge in [-0.1, -0.05) is 19.6 Å². The van der Waals surface area contributed by atoms with Gasteiger partial charge in [0.15, 0.2) is 0 Å². The van der Waals surface area contributed by atoms with Gasteiger partial charge in [0.1, 0.15) is 0 Å². The third kappa shape index (κ3) is 36.0. The van der Waals surface area contributed by atoms with Crippen LogP contribution in [0.25, 0.3) is 0 Å². The Morgan fingerprint density at radius 3 is 1.22 bits per heavy atom. The number of hydrogen-bond donors (Lipinski definition) is 0. The van der Waals surface area contributed by atoms with Crippen molar-refractivity contribution in [3.05, 3.63) is 48.6 Å². The maximum absolute atomic E-state index is 2.99. The van der Waals surface area contributed by atoms with Crippen LogP contribution in [0.15, 0.2) is 36.5 Å². The van der Waals surface area contributed by atoms with Gasteiger partial charge >= 0.3 is 30.2 Å². The first kappa shape index (κ1) is 27.2. The molecule has 0 spiro atoms. The molecule has 0 aromatic heterocycles. The zero-order valence-corrected chi connectivity index (χ0v) is 17.9. The van der Waals surface area contributed by atoms with E-state index in [1.807, 2.05) is 31.2 Å². The Morgan fingerprint density at radius 1 is 0.889 bits per heavy atom. The van der Waals surface area contributed by atoms with Crippen molar-refractivity contribution in [2.24, 2.45) is 0 Å². The van der Waals surface area contributed by atoms with Crippen molar-refractivity contribution >= 4 is 40.5 Å². The van der Waals surface area contributed by atoms with Crippen LogP contribution in [-0.4, -0.2) is 15.7 Å². The van der Waals surface area contributed by atoms with Gasteiger partial charge in [-0.15, -0.1) is 37.7 Å². The molecule has 0 amide bonds. The summed E-state index contributed by atoms with van der Waals surface area (Å²) in [6.45, 7) is 8.76. The van der Waals surface area contributed by atoms with Gasteiger partial charge in [-0.05, 0) is 0 Å². The van der Waals surface area contributed by atoms with Gasteiger partial charge in [-0.25, -0.2) is 24.3 Å². The molecule has 0 aromatic carbocycles. The molecular weight excluding hydrogens is 374 g/mol. The Morgan fingerprint density at radius 2 is 1.17 bits per heavy atom. The maximum atomic E-state index is 2.99. The summed E-state index contributed by atoms with van der Waals surface area (Å²) < 4.78 is 0. The molecule has 2 rings (SSSR count). The molecule has 0 fully saturated rings. The third-order valence-electron chi connectivity index (χ3n) is 1.17. The second kappa shape index (κ2) is 26.4. The molecule has 101 valence electrons. The van der Waals surface area contributed by atoms with E-state index in [0.717, 1.165) is 12.8 Å². The minimum absolute atomic E-state index is 0. The molecule has 0 bridgehead atoms. The van der Waals surface area contributed by atoms with E-state index in [2.05, 4.69) is 43.9 Å². The van der Waals surface area contributed by atoms with Gasteiger partial charge in [0, 0.05) is 8.80 Å². The standard InChI is InChI=1S/2C5H5.C3H9Si.2ClH.H2Si.Zr/c2*1-2-4-5-3-1;1-4(2)3;;;;/h2*1-3H,4H2;1-3H3;2*1H;1H2;/q2*-1;;;;;+2. The van der Waals surface area contributed by atoms with E-state index in [1.54, 1.807) is 23.3 Å². The van der Waals surface area contributed by atoms with Gasteiger partial charge in [0.25, 0.3) is 0 Å². The van der Waals surface area contributed by atoms with Gasteiger partial charge in [-0.3, -0.25) is 12.2 Å². The van der Waals surface area contributed by atoms with E-state index in [0.29, 0.717) is 0 Å². The summed E-state index contributed by atoms with van der Waals surface area (Å²) in [6, 6.07) is 0. The Kier molecular flexibility index (Phi) is 40.0. The number of hydrogen-bond acceptors (Lipinski definition) is 0. The van der Waals surface area contributed by atoms with Gasteiger partial charge in [0.2, 0.25) is 0 Å². The van der Waals surface area contributed by atoms with Crippen LogP contribution in [-0.2, 0) is 23.3 Å². The monoisotopic (exact) mass is 395 g/mol. The molecule has 0 heterocycles. The fourth-order valence-corrected chi connectivity index (χ4v) is 0.680. The zero-order valence-electron chi connectivity index (χ0n) is 11.4. The number of rotatable bonds is 0. The fourth-order valence-electron chi connectivity index (χ4n) is 0.680. The van der Waals surface area contributed by atoms with Crippen LogP contribution in [0, 0.1) is 12.2 Å². The number of halogens is 2. The predicted octanol–water partition coefficient (Wildman–Crippen LogP) is 3.91. The van der Waals surface area contributed by atoms with Gasteiger partial charge < -0.3 is 0 Å². The topological polar surface area (TPSA) is 0 Å². The van der Waals surface area contributed by atoms with Gasteiger partial charge in [0.05, 0.1) is 0 Å². The van der Waals surface area contributed by atoms with Crippen LogP contribution in [0.2, 0.25) is 19.6 Å². The molecular formula is C13H23Cl2Si2Zr. The molecule has 2 aliphatic rings. The second-order valence-electron chi connectivity index (χ2n) is 3.51. The van der Waals surface area contributed by atoms with E-state index in [9.17, 15) is 0 Å². The molecule has 18 heavy (non-hydrogen) atoms. The first-order chi connectivity index (χ1) is 7.73. The van der Waals surface area contributed by atoms with E-state index in [-0.39, 0.29) is 33.6 Å². The summed E-state index contributed by atoms with van der Waals surface area (Å²) in [7, 11) is 0.120. The Balaban J connectivity index is -0.0000000732. The van der Waals surface area contributed by atoms with Crippen molar-refractivity contribution in [2.75, 3.05) is 0 Å². The van der Waals surface area contributed by atoms with Gasteiger partial charge in [-0.2, -0.15) is 12.2 Å². The summed E-state index contributed by atoms with van der Waals surface area (Å²) >= 11 is 1.58. The summed E-state index contributed by atoms with van der Waals surface area (Å²) in [5.41, 5.74) is 0. The Bertz CT molecular complexity index is 205. The molecule has 0 unspecified atom stereocenters. The van der Waals surface area contributed by atoms with Crippen molar-refractivity contribution < 1.29 is 23.3 Å². The summed E-state index contributed by atoms with van der Waals surface area (Å²) in [4.78, 5) is 0. The normalized spacial score (nSPS) is 12.1. The minimum atomic E-state index is 0. The molecule has 5 heteroatoms. The predicted molar refractivity (Wildman–Crippen MR) is 89.5 cm³/mol. The van der Waals surface area contributed by atoms with Crippen LogP contribution in [0.4, 0.5) is 0 Å². The van der Waals surface area contributed by atoms with Crippen molar-refractivity contribution in [3.63, 3.8) is 0 Å². The molecule has 0 atom stereocenters. The average molecular weight is 398 g/mol. The van der Waals surface area contributed by atoms with Crippen molar-refractivity contribution in [1.29, 1.82) is 0 Å². The van der Waals surface area contributed by atoms with E-state index < -0.39 is 0 Å². The molecule has 0 saturated carbocycles. The molecule has 0 N–H and O–H groups in total. The van der Waals surface area contributed by atoms with Crippen molar-refractivity contribution in [1.82, 2.24) is 0 Å². The van der Waals surface area contributed by atoms with Crippen molar-refractivity contribution in [2.45, 2.75) is 32.5 Å². The third-order valence-corrected chi connectivity index (χ3v) is 1.17. The number of allylic oxidation sites excluding steroid dienone is 8. The summed E-state index contributed by atoms with van der Waals surface area (Å²) in [5, 5.41) is 0. The Hall–Kier alpha value is 0.857. The van der Waals surface area contributed by atoms with Crippen LogP contribution in [0.1, 0.15) is 12.8 Å². The van der Waals surface area contributed by atoms with Crippen LogP contribution in [0.3, 0.4) is 0 Å². The molecule has 0 aromatic rings. The molecule has 0 aliphatic heterocycles.